The number of nitrogen functional groups attached to an aromatic ring is 1. The first-order chi connectivity index (χ1) is 5.70. The van der Waals surface area contributed by atoms with Crippen molar-refractivity contribution < 1.29 is 0 Å². The van der Waals surface area contributed by atoms with Gasteiger partial charge in [0.05, 0.1) is 22.4 Å². The molecule has 0 bridgehead atoms. The molecule has 0 amide bonds. The van der Waals surface area contributed by atoms with E-state index in [1.807, 2.05) is 0 Å². The average Bonchev–Trinajstić information content (AvgIpc) is 2.41. The number of halogens is 2. The van der Waals surface area contributed by atoms with Crippen LogP contribution < -0.4 is 5.73 Å². The normalized spacial score (nSPS) is 10.8. The highest BCUT2D eigenvalue weighted by Gasteiger charge is 2.08. The van der Waals surface area contributed by atoms with E-state index in [0.29, 0.717) is 10.7 Å². The van der Waals surface area contributed by atoms with Crippen LogP contribution in [0.15, 0.2) is 12.4 Å². The third kappa shape index (κ3) is 0.940. The van der Waals surface area contributed by atoms with Gasteiger partial charge in [0.1, 0.15) is 0 Å². The molecule has 2 aromatic rings. The summed E-state index contributed by atoms with van der Waals surface area (Å²) in [6, 6.07) is 0. The first-order valence-corrected chi connectivity index (χ1v) is 4.02. The summed E-state index contributed by atoms with van der Waals surface area (Å²) in [5.41, 5.74) is 6.88. The number of fused-ring (bicyclic) bond motifs is 1. The molecule has 2 rings (SSSR count). The summed E-state index contributed by atoms with van der Waals surface area (Å²) in [6.45, 7) is 0. The van der Waals surface area contributed by atoms with Gasteiger partial charge in [0.25, 0.3) is 0 Å². The molecule has 0 spiro atoms. The van der Waals surface area contributed by atoms with Gasteiger partial charge in [-0.15, -0.1) is 0 Å². The Kier molecular flexibility index (Phi) is 1.63. The zero-order chi connectivity index (χ0) is 8.72. The van der Waals surface area contributed by atoms with Crippen molar-refractivity contribution in [1.29, 1.82) is 0 Å². The predicted octanol–water partition coefficient (Wildman–Crippen LogP) is 2.45. The van der Waals surface area contributed by atoms with E-state index in [1.165, 1.54) is 0 Å². The molecular formula is C7H5Cl2N3. The molecule has 0 saturated heterocycles. The minimum absolute atomic E-state index is 0.281. The molecule has 5 heteroatoms. The highest BCUT2D eigenvalue weighted by Crippen LogP contribution is 2.31. The summed E-state index contributed by atoms with van der Waals surface area (Å²) < 4.78 is 0. The van der Waals surface area contributed by atoms with Gasteiger partial charge in [-0.05, 0) is 0 Å². The quantitative estimate of drug-likeness (QED) is 0.644. The van der Waals surface area contributed by atoms with Gasteiger partial charge in [0, 0.05) is 11.6 Å². The Bertz CT molecular complexity index is 435. The van der Waals surface area contributed by atoms with Crippen molar-refractivity contribution >= 4 is 39.8 Å². The largest absolute Gasteiger partial charge is 0.396 e. The fourth-order valence-corrected chi connectivity index (χ4v) is 1.49. The summed E-state index contributed by atoms with van der Waals surface area (Å²) in [5.74, 6) is 0. The van der Waals surface area contributed by atoms with Gasteiger partial charge >= 0.3 is 0 Å². The number of hydrogen-bond acceptors (Lipinski definition) is 2. The van der Waals surface area contributed by atoms with Crippen molar-refractivity contribution in [3.63, 3.8) is 0 Å². The minimum atomic E-state index is 0.281. The van der Waals surface area contributed by atoms with Crippen LogP contribution in [0.5, 0.6) is 0 Å². The third-order valence-electron chi connectivity index (χ3n) is 1.66. The summed E-state index contributed by atoms with van der Waals surface area (Å²) >= 11 is 11.6. The van der Waals surface area contributed by atoms with E-state index in [0.717, 1.165) is 10.9 Å². The molecule has 2 heterocycles. The van der Waals surface area contributed by atoms with Crippen molar-refractivity contribution in [1.82, 2.24) is 9.97 Å². The van der Waals surface area contributed by atoms with Gasteiger partial charge in [0.15, 0.2) is 5.15 Å². The standard InChI is InChI=1S/C7H5Cl2N3/c8-3-1-11-4-2-12-7(9)6(10)5(3)4/h1-2,11H,10H2. The van der Waals surface area contributed by atoms with Gasteiger partial charge in [-0.3, -0.25) is 0 Å². The van der Waals surface area contributed by atoms with Crippen molar-refractivity contribution in [2.75, 3.05) is 5.73 Å². The van der Waals surface area contributed by atoms with Crippen LogP contribution in [0.3, 0.4) is 0 Å². The Morgan fingerprint density at radius 3 is 2.92 bits per heavy atom. The topological polar surface area (TPSA) is 54.7 Å². The van der Waals surface area contributed by atoms with E-state index < -0.39 is 0 Å². The van der Waals surface area contributed by atoms with Crippen LogP contribution in [0.1, 0.15) is 0 Å². The van der Waals surface area contributed by atoms with E-state index in [1.54, 1.807) is 12.4 Å². The van der Waals surface area contributed by atoms with Gasteiger partial charge in [-0.2, -0.15) is 0 Å². The van der Waals surface area contributed by atoms with E-state index in [9.17, 15) is 0 Å². The number of nitrogens with two attached hydrogens (primary N) is 1. The number of H-pyrrole nitrogens is 1. The summed E-state index contributed by atoms with van der Waals surface area (Å²) in [4.78, 5) is 6.79. The molecule has 62 valence electrons. The summed E-state index contributed by atoms with van der Waals surface area (Å²) in [7, 11) is 0. The van der Waals surface area contributed by atoms with Crippen LogP contribution in [-0.4, -0.2) is 9.97 Å². The molecule has 0 aliphatic heterocycles. The maximum atomic E-state index is 5.85. The maximum absolute atomic E-state index is 5.85. The van der Waals surface area contributed by atoms with Crippen molar-refractivity contribution in [3.05, 3.63) is 22.6 Å². The van der Waals surface area contributed by atoms with E-state index in [4.69, 9.17) is 28.9 Å². The number of anilines is 1. The molecule has 0 saturated carbocycles. The zero-order valence-electron chi connectivity index (χ0n) is 5.94. The number of nitrogens with zero attached hydrogens (tertiary/aromatic N) is 1. The number of aromatic amines is 1. The van der Waals surface area contributed by atoms with Gasteiger partial charge in [-0.25, -0.2) is 4.98 Å². The molecule has 0 aliphatic rings. The van der Waals surface area contributed by atoms with Crippen molar-refractivity contribution in [2.24, 2.45) is 0 Å². The number of rotatable bonds is 0. The number of aromatic nitrogens is 2. The van der Waals surface area contributed by atoms with Crippen LogP contribution in [0.4, 0.5) is 5.69 Å². The second-order valence-corrected chi connectivity index (χ2v) is 3.15. The van der Waals surface area contributed by atoms with E-state index in [-0.39, 0.29) is 5.15 Å². The lowest BCUT2D eigenvalue weighted by molar-refractivity contribution is 1.34. The van der Waals surface area contributed by atoms with Crippen LogP contribution in [0.25, 0.3) is 10.9 Å². The smallest absolute Gasteiger partial charge is 0.152 e. The molecule has 12 heavy (non-hydrogen) atoms. The number of hydrogen-bond donors (Lipinski definition) is 2. The van der Waals surface area contributed by atoms with Crippen LogP contribution in [-0.2, 0) is 0 Å². The summed E-state index contributed by atoms with van der Waals surface area (Å²) in [5, 5.41) is 1.58. The summed E-state index contributed by atoms with van der Waals surface area (Å²) in [6.07, 6.45) is 3.25. The third-order valence-corrected chi connectivity index (χ3v) is 2.26. The number of pyridine rings is 1. The van der Waals surface area contributed by atoms with Gasteiger partial charge < -0.3 is 10.7 Å². The maximum Gasteiger partial charge on any atom is 0.152 e. The van der Waals surface area contributed by atoms with Gasteiger partial charge in [-0.1, -0.05) is 23.2 Å². The van der Waals surface area contributed by atoms with Crippen LogP contribution in [0.2, 0.25) is 10.2 Å². The molecule has 0 unspecified atom stereocenters. The van der Waals surface area contributed by atoms with Crippen molar-refractivity contribution in [3.8, 4) is 0 Å². The van der Waals surface area contributed by atoms with E-state index >= 15 is 0 Å². The van der Waals surface area contributed by atoms with Crippen LogP contribution in [0, 0.1) is 0 Å². The monoisotopic (exact) mass is 201 g/mol. The van der Waals surface area contributed by atoms with Gasteiger partial charge in [0.2, 0.25) is 0 Å². The van der Waals surface area contributed by atoms with Crippen LogP contribution >= 0.6 is 23.2 Å². The molecule has 0 fully saturated rings. The Labute approximate surface area is 78.5 Å². The molecule has 0 atom stereocenters. The minimum Gasteiger partial charge on any atom is -0.396 e. The second-order valence-electron chi connectivity index (χ2n) is 2.39. The lowest BCUT2D eigenvalue weighted by Crippen LogP contribution is -1.89. The molecule has 0 aliphatic carbocycles. The fourth-order valence-electron chi connectivity index (χ4n) is 1.08. The Morgan fingerprint density at radius 1 is 1.42 bits per heavy atom. The molecule has 3 N–H and O–H groups in total. The second kappa shape index (κ2) is 2.54. The molecule has 0 aromatic carbocycles. The molecule has 0 radical (unpaired) electrons. The lowest BCUT2D eigenvalue weighted by Gasteiger charge is -1.97. The highest BCUT2D eigenvalue weighted by atomic mass is 35.5. The first kappa shape index (κ1) is 7.71. The first-order valence-electron chi connectivity index (χ1n) is 3.26. The lowest BCUT2D eigenvalue weighted by atomic mass is 10.3. The Hall–Kier alpha value is -0.930. The SMILES string of the molecule is Nc1c(Cl)ncc2[nH]cc(Cl)c12. The van der Waals surface area contributed by atoms with Crippen molar-refractivity contribution in [2.45, 2.75) is 0 Å². The number of nitrogens with one attached hydrogen (secondary N) is 1. The molecule has 2 aromatic heterocycles. The Balaban J connectivity index is 2.96. The van der Waals surface area contributed by atoms with E-state index in [2.05, 4.69) is 9.97 Å². The highest BCUT2D eigenvalue weighted by molar-refractivity contribution is 6.39. The Morgan fingerprint density at radius 2 is 2.17 bits per heavy atom. The fraction of sp³-hybridized carbons (Fsp3) is 0. The predicted molar refractivity (Wildman–Crippen MR) is 50.5 cm³/mol. The molecular weight excluding hydrogens is 197 g/mol. The molecule has 3 nitrogen and oxygen atoms in total. The zero-order valence-corrected chi connectivity index (χ0v) is 7.45. The average molecular weight is 202 g/mol.